The minimum Gasteiger partial charge on any atom is -0.369 e. The smallest absolute Gasteiger partial charge is 0.254 e. The Morgan fingerprint density at radius 1 is 1.15 bits per heavy atom. The van der Waals surface area contributed by atoms with Gasteiger partial charge in [0.2, 0.25) is 0 Å². The number of aromatic nitrogens is 3. The molecule has 1 aliphatic carbocycles. The van der Waals surface area contributed by atoms with Gasteiger partial charge in [-0.3, -0.25) is 4.79 Å². The molecule has 0 unspecified atom stereocenters. The second-order valence-electron chi connectivity index (χ2n) is 7.20. The Morgan fingerprint density at radius 2 is 1.89 bits per heavy atom. The lowest BCUT2D eigenvalue weighted by Crippen LogP contribution is -2.20. The first kappa shape index (κ1) is 17.4. The van der Waals surface area contributed by atoms with E-state index in [0.29, 0.717) is 17.1 Å². The zero-order valence-corrected chi connectivity index (χ0v) is 15.3. The lowest BCUT2D eigenvalue weighted by atomic mass is 9.96. The molecular weight excluding hydrogens is 343 g/mol. The number of nitrogens with zero attached hydrogens (tertiary/aromatic N) is 2. The van der Waals surface area contributed by atoms with Gasteiger partial charge in [-0.15, -0.1) is 0 Å². The Bertz CT molecular complexity index is 1020. The van der Waals surface area contributed by atoms with Gasteiger partial charge in [0, 0.05) is 35.0 Å². The van der Waals surface area contributed by atoms with Crippen LogP contribution in [-0.4, -0.2) is 21.5 Å². The molecule has 27 heavy (non-hydrogen) atoms. The van der Waals surface area contributed by atoms with E-state index < -0.39 is 0 Å². The Labute approximate surface area is 156 Å². The largest absolute Gasteiger partial charge is 0.369 e. The second kappa shape index (κ2) is 6.61. The Morgan fingerprint density at radius 3 is 2.48 bits per heavy atom. The number of benzene rings is 1. The molecule has 1 fully saturated rings. The van der Waals surface area contributed by atoms with Crippen molar-refractivity contribution in [1.82, 2.24) is 15.0 Å². The summed E-state index contributed by atoms with van der Waals surface area (Å²) in [4.78, 5) is 23.6. The first-order valence-electron chi connectivity index (χ1n) is 9.01. The van der Waals surface area contributed by atoms with Gasteiger partial charge in [-0.2, -0.15) is 0 Å². The van der Waals surface area contributed by atoms with Gasteiger partial charge in [-0.05, 0) is 56.5 Å². The number of anilines is 1. The van der Waals surface area contributed by atoms with Crippen LogP contribution in [0.15, 0.2) is 47.4 Å². The van der Waals surface area contributed by atoms with Crippen LogP contribution in [-0.2, 0) is 5.41 Å². The summed E-state index contributed by atoms with van der Waals surface area (Å²) < 4.78 is 13.1. The molecule has 6 heteroatoms. The highest BCUT2D eigenvalue weighted by Gasteiger charge is 2.43. The number of pyridine rings is 1. The Kier molecular flexibility index (Phi) is 4.26. The summed E-state index contributed by atoms with van der Waals surface area (Å²) in [6, 6.07) is 10.5. The fraction of sp³-hybridized carbons (Fsp3) is 0.286. The van der Waals surface area contributed by atoms with Crippen molar-refractivity contribution in [3.05, 3.63) is 75.6 Å². The molecule has 0 spiro atoms. The van der Waals surface area contributed by atoms with Crippen LogP contribution in [0.3, 0.4) is 0 Å². The predicted octanol–water partition coefficient (Wildman–Crippen LogP) is 3.73. The SMILES string of the molecule is Cc1nc(-c2ccc(NCC3(c4ccc(F)cc4)CC3)nc2)[nH]c(=O)c1C. The van der Waals surface area contributed by atoms with E-state index in [2.05, 4.69) is 20.3 Å². The number of H-pyrrole nitrogens is 1. The lowest BCUT2D eigenvalue weighted by Gasteiger charge is -2.17. The topological polar surface area (TPSA) is 70.7 Å². The summed E-state index contributed by atoms with van der Waals surface area (Å²) in [7, 11) is 0. The molecule has 138 valence electrons. The second-order valence-corrected chi connectivity index (χ2v) is 7.20. The number of aromatic amines is 1. The van der Waals surface area contributed by atoms with Crippen molar-refractivity contribution in [2.24, 2.45) is 0 Å². The van der Waals surface area contributed by atoms with E-state index in [-0.39, 0.29) is 16.8 Å². The minimum atomic E-state index is -0.210. The molecule has 0 saturated heterocycles. The Balaban J connectivity index is 1.47. The molecule has 3 aromatic rings. The summed E-state index contributed by atoms with van der Waals surface area (Å²) in [6.07, 6.45) is 3.86. The molecule has 1 aliphatic rings. The van der Waals surface area contributed by atoms with Crippen LogP contribution >= 0.6 is 0 Å². The van der Waals surface area contributed by atoms with Gasteiger partial charge in [0.15, 0.2) is 0 Å². The van der Waals surface area contributed by atoms with E-state index in [9.17, 15) is 9.18 Å². The number of aryl methyl sites for hydroxylation is 1. The zero-order chi connectivity index (χ0) is 19.0. The average Bonchev–Trinajstić information content (AvgIpc) is 3.46. The molecule has 1 aromatic carbocycles. The standard InChI is InChI=1S/C21H21FN4O/c1-13-14(2)25-19(26-20(13)27)15-3-8-18(23-11-15)24-12-21(9-10-21)16-4-6-17(22)7-5-16/h3-8,11H,9-10,12H2,1-2H3,(H,23,24)(H,25,26,27). The molecule has 0 amide bonds. The average molecular weight is 364 g/mol. The zero-order valence-electron chi connectivity index (χ0n) is 15.3. The summed E-state index contributed by atoms with van der Waals surface area (Å²) >= 11 is 0. The van der Waals surface area contributed by atoms with Crippen molar-refractivity contribution < 1.29 is 4.39 Å². The summed E-state index contributed by atoms with van der Waals surface area (Å²) in [6.45, 7) is 4.33. The third-order valence-corrected chi connectivity index (χ3v) is 5.35. The van der Waals surface area contributed by atoms with Gasteiger partial charge in [0.25, 0.3) is 5.56 Å². The molecular formula is C21H21FN4O. The van der Waals surface area contributed by atoms with Crippen LogP contribution in [0, 0.1) is 19.7 Å². The van der Waals surface area contributed by atoms with Crippen molar-refractivity contribution in [3.63, 3.8) is 0 Å². The van der Waals surface area contributed by atoms with E-state index in [4.69, 9.17) is 0 Å². The fourth-order valence-electron chi connectivity index (χ4n) is 3.20. The summed E-state index contributed by atoms with van der Waals surface area (Å²) in [5, 5.41) is 3.37. The van der Waals surface area contributed by atoms with Crippen molar-refractivity contribution in [2.75, 3.05) is 11.9 Å². The van der Waals surface area contributed by atoms with Gasteiger partial charge >= 0.3 is 0 Å². The maximum Gasteiger partial charge on any atom is 0.254 e. The third-order valence-electron chi connectivity index (χ3n) is 5.35. The maximum atomic E-state index is 13.1. The van der Waals surface area contributed by atoms with Crippen LogP contribution in [0.4, 0.5) is 10.2 Å². The molecule has 2 aromatic heterocycles. The monoisotopic (exact) mass is 364 g/mol. The van der Waals surface area contributed by atoms with E-state index in [0.717, 1.165) is 36.3 Å². The van der Waals surface area contributed by atoms with E-state index in [1.807, 2.05) is 31.2 Å². The van der Waals surface area contributed by atoms with E-state index in [1.54, 1.807) is 13.1 Å². The first-order valence-corrected chi connectivity index (χ1v) is 9.01. The number of hydrogen-bond donors (Lipinski definition) is 2. The predicted molar refractivity (Wildman–Crippen MR) is 103 cm³/mol. The minimum absolute atomic E-state index is 0.0644. The van der Waals surface area contributed by atoms with Crippen molar-refractivity contribution in [1.29, 1.82) is 0 Å². The van der Waals surface area contributed by atoms with Crippen LogP contribution in [0.25, 0.3) is 11.4 Å². The Hall–Kier alpha value is -3.02. The van der Waals surface area contributed by atoms with Crippen molar-refractivity contribution in [2.45, 2.75) is 32.1 Å². The number of hydrogen-bond acceptors (Lipinski definition) is 4. The molecule has 0 radical (unpaired) electrons. The van der Waals surface area contributed by atoms with Gasteiger partial charge in [0.05, 0.1) is 0 Å². The van der Waals surface area contributed by atoms with Gasteiger partial charge in [-0.1, -0.05) is 12.1 Å². The van der Waals surface area contributed by atoms with Gasteiger partial charge < -0.3 is 10.3 Å². The van der Waals surface area contributed by atoms with Crippen LogP contribution in [0.1, 0.15) is 29.7 Å². The molecule has 4 rings (SSSR count). The molecule has 0 bridgehead atoms. The maximum absolute atomic E-state index is 13.1. The summed E-state index contributed by atoms with van der Waals surface area (Å²) in [5.74, 6) is 1.07. The van der Waals surface area contributed by atoms with Crippen molar-refractivity contribution in [3.8, 4) is 11.4 Å². The van der Waals surface area contributed by atoms with E-state index >= 15 is 0 Å². The molecule has 5 nitrogen and oxygen atoms in total. The van der Waals surface area contributed by atoms with E-state index in [1.165, 1.54) is 12.1 Å². The number of halogens is 1. The summed E-state index contributed by atoms with van der Waals surface area (Å²) in [5.41, 5.74) is 3.20. The van der Waals surface area contributed by atoms with Crippen LogP contribution in [0.2, 0.25) is 0 Å². The molecule has 2 N–H and O–H groups in total. The highest BCUT2D eigenvalue weighted by molar-refractivity contribution is 5.56. The highest BCUT2D eigenvalue weighted by atomic mass is 19.1. The lowest BCUT2D eigenvalue weighted by molar-refractivity contribution is 0.624. The first-order chi connectivity index (χ1) is 13.0. The number of nitrogens with one attached hydrogen (secondary N) is 2. The molecule has 0 atom stereocenters. The third kappa shape index (κ3) is 3.47. The normalized spacial score (nSPS) is 14.8. The number of rotatable bonds is 5. The van der Waals surface area contributed by atoms with Gasteiger partial charge in [0.1, 0.15) is 17.5 Å². The van der Waals surface area contributed by atoms with Gasteiger partial charge in [-0.25, -0.2) is 14.4 Å². The van der Waals surface area contributed by atoms with Crippen molar-refractivity contribution >= 4 is 5.82 Å². The highest BCUT2D eigenvalue weighted by Crippen LogP contribution is 2.48. The van der Waals surface area contributed by atoms with Crippen LogP contribution < -0.4 is 10.9 Å². The fourth-order valence-corrected chi connectivity index (χ4v) is 3.20. The molecule has 1 saturated carbocycles. The quantitative estimate of drug-likeness (QED) is 0.724. The van der Waals surface area contributed by atoms with Crippen LogP contribution in [0.5, 0.6) is 0 Å². The molecule has 2 heterocycles. The molecule has 0 aliphatic heterocycles.